The van der Waals surface area contributed by atoms with Crippen LogP contribution in [0.4, 0.5) is 10.5 Å². The largest absolute Gasteiger partial charge is 0.459 e. The lowest BCUT2D eigenvalue weighted by Gasteiger charge is -2.59. The molecule has 3 aliphatic rings. The zero-order valence-corrected chi connectivity index (χ0v) is 37.3. The number of oxime groups is 1. The number of aldehydes is 1. The number of nitro groups is 1. The zero-order valence-electron chi connectivity index (χ0n) is 37.3. The summed E-state index contributed by atoms with van der Waals surface area (Å²) in [6.07, 6.45) is 7.96. The van der Waals surface area contributed by atoms with E-state index in [9.17, 15) is 35.0 Å². The number of aliphatic hydroxyl groups is 3. The van der Waals surface area contributed by atoms with Crippen LogP contribution in [0.15, 0.2) is 96.2 Å². The van der Waals surface area contributed by atoms with E-state index in [-0.39, 0.29) is 81.8 Å². The molecule has 1 aliphatic heterocycles. The first-order valence-corrected chi connectivity index (χ1v) is 22.3. The Labute approximate surface area is 379 Å². The van der Waals surface area contributed by atoms with E-state index in [1.54, 1.807) is 36.4 Å². The number of non-ortho nitro benzene ring substituents is 1. The van der Waals surface area contributed by atoms with E-state index < -0.39 is 34.4 Å². The average Bonchev–Trinajstić information content (AvgIpc) is 3.29. The fourth-order valence-corrected chi connectivity index (χ4v) is 9.19. The predicted molar refractivity (Wildman–Crippen MR) is 241 cm³/mol. The molecule has 16 heteroatoms. The molecule has 1 saturated carbocycles. The van der Waals surface area contributed by atoms with Gasteiger partial charge in [0.2, 0.25) is 5.79 Å². The molecular formula is C49H61N3O13. The summed E-state index contributed by atoms with van der Waals surface area (Å²) in [4.78, 5) is 45.0. The van der Waals surface area contributed by atoms with Crippen molar-refractivity contribution in [2.45, 2.75) is 89.1 Å². The first-order valence-electron chi connectivity index (χ1n) is 22.3. The number of aliphatic hydroxyl groups excluding tert-OH is 3. The number of ether oxygens (including phenoxy) is 5. The summed E-state index contributed by atoms with van der Waals surface area (Å²) >= 11 is 0. The van der Waals surface area contributed by atoms with Crippen LogP contribution >= 0.6 is 0 Å². The van der Waals surface area contributed by atoms with Gasteiger partial charge in [0.1, 0.15) is 40.9 Å². The van der Waals surface area contributed by atoms with Crippen LogP contribution in [0.25, 0.3) is 0 Å². The Balaban J connectivity index is 1.59. The molecule has 0 bridgehead atoms. The molecule has 0 radical (unpaired) electrons. The Morgan fingerprint density at radius 2 is 1.69 bits per heavy atom. The van der Waals surface area contributed by atoms with Gasteiger partial charge in [-0.25, -0.2) is 4.79 Å². The Kier molecular flexibility index (Phi) is 16.9. The third kappa shape index (κ3) is 11.8. The van der Waals surface area contributed by atoms with Gasteiger partial charge in [0.15, 0.2) is 0 Å². The van der Waals surface area contributed by atoms with Crippen LogP contribution in [-0.2, 0) is 14.3 Å². The molecule has 1 amide bonds. The van der Waals surface area contributed by atoms with E-state index in [2.05, 4.69) is 12.7 Å². The maximum atomic E-state index is 14.8. The van der Waals surface area contributed by atoms with Crippen molar-refractivity contribution in [1.82, 2.24) is 4.90 Å². The quantitative estimate of drug-likeness (QED) is 0.0270. The highest BCUT2D eigenvalue weighted by molar-refractivity contribution is 6.03. The van der Waals surface area contributed by atoms with Crippen LogP contribution < -0.4 is 14.2 Å². The van der Waals surface area contributed by atoms with Crippen molar-refractivity contribution in [3.8, 4) is 23.0 Å². The van der Waals surface area contributed by atoms with Crippen molar-refractivity contribution in [1.29, 1.82) is 0 Å². The Bertz CT molecular complexity index is 2170. The van der Waals surface area contributed by atoms with Gasteiger partial charge in [-0.15, -0.1) is 6.58 Å². The second-order valence-electron chi connectivity index (χ2n) is 17.4. The first-order chi connectivity index (χ1) is 31.4. The summed E-state index contributed by atoms with van der Waals surface area (Å²) in [5, 5.41) is 45.8. The van der Waals surface area contributed by atoms with E-state index in [0.717, 1.165) is 30.3 Å². The number of rotatable bonds is 23. The van der Waals surface area contributed by atoms with Crippen molar-refractivity contribution >= 4 is 23.8 Å². The third-order valence-electron chi connectivity index (χ3n) is 11.9. The molecule has 0 saturated heterocycles. The fourth-order valence-electron chi connectivity index (χ4n) is 9.19. The van der Waals surface area contributed by atoms with Crippen molar-refractivity contribution in [3.63, 3.8) is 0 Å². The zero-order chi connectivity index (χ0) is 46.6. The summed E-state index contributed by atoms with van der Waals surface area (Å²) in [6.45, 7) is 9.45. The average molecular weight is 900 g/mol. The van der Waals surface area contributed by atoms with Crippen LogP contribution in [-0.4, -0.2) is 107 Å². The molecule has 350 valence electrons. The fraction of sp³-hybridized carbons (Fsp3) is 0.490. The van der Waals surface area contributed by atoms with Gasteiger partial charge in [0, 0.05) is 55.4 Å². The summed E-state index contributed by atoms with van der Waals surface area (Å²) in [5.74, 6) is -1.22. The number of allylic oxidation sites excluding steroid dienone is 1. The topological polar surface area (TPSA) is 209 Å². The van der Waals surface area contributed by atoms with Crippen molar-refractivity contribution in [2.75, 3.05) is 46.2 Å². The molecule has 3 aromatic rings. The number of nitro benzene ring substituents is 1. The predicted octanol–water partition coefficient (Wildman–Crippen LogP) is 8.14. The number of fused-ring (bicyclic) bond motifs is 2. The molecule has 6 atom stereocenters. The van der Waals surface area contributed by atoms with Gasteiger partial charge in [-0.3, -0.25) is 19.8 Å². The normalized spacial score (nSPS) is 22.7. The first kappa shape index (κ1) is 48.8. The summed E-state index contributed by atoms with van der Waals surface area (Å²) < 4.78 is 32.4. The van der Waals surface area contributed by atoms with Gasteiger partial charge in [-0.2, -0.15) is 0 Å². The number of hydrogen-bond donors (Lipinski definition) is 3. The molecule has 65 heavy (non-hydrogen) atoms. The number of carbonyl (C=O) groups is 2. The molecule has 3 N–H and O–H groups in total. The number of nitrogens with zero attached hydrogens (tertiary/aromatic N) is 3. The Morgan fingerprint density at radius 1 is 0.969 bits per heavy atom. The molecule has 3 aromatic carbocycles. The number of amides is 1. The van der Waals surface area contributed by atoms with Gasteiger partial charge in [0.05, 0.1) is 43.0 Å². The van der Waals surface area contributed by atoms with Crippen molar-refractivity contribution in [3.05, 3.63) is 112 Å². The van der Waals surface area contributed by atoms with Crippen LogP contribution in [0.3, 0.4) is 0 Å². The maximum Gasteiger partial charge on any atom is 0.415 e. The lowest BCUT2D eigenvalue weighted by molar-refractivity contribution is -0.384. The van der Waals surface area contributed by atoms with Gasteiger partial charge in [-0.05, 0) is 106 Å². The maximum absolute atomic E-state index is 14.8. The highest BCUT2D eigenvalue weighted by Gasteiger charge is 2.65. The smallest absolute Gasteiger partial charge is 0.415 e. The number of carbonyl (C=O) groups excluding carboxylic acids is 2. The van der Waals surface area contributed by atoms with E-state index in [1.807, 2.05) is 32.9 Å². The van der Waals surface area contributed by atoms with Crippen LogP contribution in [0.5, 0.6) is 23.0 Å². The number of unbranched alkanes of at least 4 members (excludes halogenated alkanes) is 2. The second kappa shape index (κ2) is 22.5. The molecule has 1 fully saturated rings. The molecule has 6 unspecified atom stereocenters. The van der Waals surface area contributed by atoms with Crippen LogP contribution in [0.2, 0.25) is 0 Å². The molecule has 16 nitrogen and oxygen atoms in total. The number of hydrogen-bond acceptors (Lipinski definition) is 14. The summed E-state index contributed by atoms with van der Waals surface area (Å²) in [5.41, 5.74) is 1.79. The van der Waals surface area contributed by atoms with Crippen LogP contribution in [0.1, 0.15) is 87.6 Å². The van der Waals surface area contributed by atoms with Gasteiger partial charge < -0.3 is 43.8 Å². The lowest BCUT2D eigenvalue weighted by atomic mass is 9.55. The third-order valence-corrected chi connectivity index (χ3v) is 11.9. The van der Waals surface area contributed by atoms with Gasteiger partial charge in [-0.1, -0.05) is 42.3 Å². The molecule has 1 heterocycles. The van der Waals surface area contributed by atoms with E-state index >= 15 is 0 Å². The number of benzene rings is 3. The second-order valence-corrected chi connectivity index (χ2v) is 17.4. The summed E-state index contributed by atoms with van der Waals surface area (Å²) in [6, 6.07) is 16.6. The highest BCUT2D eigenvalue weighted by Crippen LogP contribution is 2.62. The van der Waals surface area contributed by atoms with Gasteiger partial charge in [0.25, 0.3) is 5.69 Å². The van der Waals surface area contributed by atoms with Crippen molar-refractivity contribution in [2.24, 2.45) is 22.9 Å². The minimum atomic E-state index is -1.63. The van der Waals surface area contributed by atoms with E-state index in [1.165, 1.54) is 29.2 Å². The van der Waals surface area contributed by atoms with Crippen LogP contribution in [0, 0.1) is 27.9 Å². The lowest BCUT2D eigenvalue weighted by Crippen LogP contribution is -2.70. The van der Waals surface area contributed by atoms with Gasteiger partial charge >= 0.3 is 6.09 Å². The summed E-state index contributed by atoms with van der Waals surface area (Å²) in [7, 11) is 0. The van der Waals surface area contributed by atoms with E-state index in [4.69, 9.17) is 33.7 Å². The molecule has 6 rings (SSSR count). The Hall–Kier alpha value is -5.65. The molecular weight excluding hydrogens is 839 g/mol. The molecule has 0 aromatic heterocycles. The molecule has 2 aliphatic carbocycles. The SMILES string of the molecule is C=CCOC12Oc3ccc(Oc4cccc(C=O)c4)cc3C3C(CCCCO)C(CCCCO)C=C(C(=NOC(C)(C)C)CC1N(CCOCCO)C(=O)Oc1ccc([N+](=O)[O-])cc1)C32. The Morgan fingerprint density at radius 3 is 2.37 bits per heavy atom. The molecule has 0 spiro atoms. The van der Waals surface area contributed by atoms with E-state index in [0.29, 0.717) is 54.2 Å². The standard InChI is InChI=1S/C49H61N3O13/c1-5-25-61-49-44(51(21-26-60-27-24-55)47(57)63-36-17-15-35(16-18-36)52(58)59)31-42(50-65-48(2,3)4)40-29-34(12-6-8-22-53)39(14-7-9-23-54)45(46(40)49)41-30-38(19-20-43(41)64-49)62-37-13-10-11-33(28-37)32-56/h5,10-11,13,15-20,28-30,32,34,39,44-46,53-55H,1,6-9,12,14,21-27,31H2,2-4H3. The minimum Gasteiger partial charge on any atom is -0.459 e. The minimum absolute atomic E-state index is 0.00890. The monoisotopic (exact) mass is 899 g/mol. The highest BCUT2D eigenvalue weighted by atomic mass is 16.7. The van der Waals surface area contributed by atoms with Crippen molar-refractivity contribution < 1.29 is 58.4 Å².